The van der Waals surface area contributed by atoms with Crippen LogP contribution in [0.25, 0.3) is 0 Å². The zero-order valence-corrected chi connectivity index (χ0v) is 13.6. The number of hydrogen-bond acceptors (Lipinski definition) is 3. The summed E-state index contributed by atoms with van der Waals surface area (Å²) in [5.74, 6) is -2.46. The Hall–Kier alpha value is -0.760. The molecule has 0 heterocycles. The third-order valence-electron chi connectivity index (χ3n) is 2.83. The summed E-state index contributed by atoms with van der Waals surface area (Å²) < 4.78 is 58.2. The summed E-state index contributed by atoms with van der Waals surface area (Å²) in [5.41, 5.74) is -0.454. The lowest BCUT2D eigenvalue weighted by atomic mass is 10.2. The molecule has 0 aliphatic carbocycles. The summed E-state index contributed by atoms with van der Waals surface area (Å²) in [6, 6.07) is 1.79. The lowest BCUT2D eigenvalue weighted by Gasteiger charge is -2.19. The first-order valence-corrected chi connectivity index (χ1v) is 8.30. The Balaban J connectivity index is 3.03. The molecule has 0 bridgehead atoms. The molecule has 0 spiro atoms. The van der Waals surface area contributed by atoms with Gasteiger partial charge >= 0.3 is 0 Å². The normalized spacial score (nSPS) is 12.4. The van der Waals surface area contributed by atoms with Gasteiger partial charge in [0.05, 0.1) is 18.6 Å². The predicted molar refractivity (Wildman–Crippen MR) is 76.8 cm³/mol. The number of halogens is 3. The second-order valence-electron chi connectivity index (χ2n) is 4.72. The number of nitrogens with zero attached hydrogens (tertiary/aromatic N) is 1. The lowest BCUT2D eigenvalue weighted by molar-refractivity contribution is 0.0737. The number of ether oxygens (including phenoxy) is 1. The van der Waals surface area contributed by atoms with E-state index >= 15 is 0 Å². The Morgan fingerprint density at radius 2 is 1.95 bits per heavy atom. The van der Waals surface area contributed by atoms with Crippen molar-refractivity contribution >= 4 is 21.6 Å². The molecule has 0 radical (unpaired) electrons. The molecule has 0 fully saturated rings. The van der Waals surface area contributed by atoms with Crippen LogP contribution in [0.1, 0.15) is 19.4 Å². The first-order chi connectivity index (χ1) is 9.71. The van der Waals surface area contributed by atoms with Crippen molar-refractivity contribution in [2.24, 2.45) is 0 Å². The second-order valence-corrected chi connectivity index (χ2v) is 7.00. The van der Waals surface area contributed by atoms with Gasteiger partial charge in [0.25, 0.3) is 0 Å². The minimum Gasteiger partial charge on any atom is -0.377 e. The maximum absolute atomic E-state index is 14.1. The molecule has 1 aromatic rings. The lowest BCUT2D eigenvalue weighted by Crippen LogP contribution is -2.31. The van der Waals surface area contributed by atoms with E-state index in [-0.39, 0.29) is 19.3 Å². The summed E-state index contributed by atoms with van der Waals surface area (Å²) in [7, 11) is -2.76. The van der Waals surface area contributed by atoms with E-state index < -0.39 is 38.0 Å². The van der Waals surface area contributed by atoms with E-state index in [9.17, 15) is 17.2 Å². The number of sulfonamides is 1. The molecule has 0 N–H and O–H groups in total. The third-order valence-corrected chi connectivity index (χ3v) is 4.97. The van der Waals surface area contributed by atoms with Gasteiger partial charge in [-0.3, -0.25) is 0 Å². The number of alkyl halides is 1. The Labute approximate surface area is 128 Å². The summed E-state index contributed by atoms with van der Waals surface area (Å²) in [6.07, 6.45) is -0.0356. The van der Waals surface area contributed by atoms with E-state index in [1.807, 2.05) is 13.8 Å². The van der Waals surface area contributed by atoms with Crippen LogP contribution in [0.3, 0.4) is 0 Å². The van der Waals surface area contributed by atoms with Crippen LogP contribution >= 0.6 is 11.6 Å². The van der Waals surface area contributed by atoms with Crippen LogP contribution in [0.4, 0.5) is 8.78 Å². The monoisotopic (exact) mass is 341 g/mol. The predicted octanol–water partition coefficient (Wildman–Crippen LogP) is 2.75. The van der Waals surface area contributed by atoms with Crippen LogP contribution in [0.15, 0.2) is 17.0 Å². The molecule has 0 amide bonds. The van der Waals surface area contributed by atoms with Crippen molar-refractivity contribution in [2.45, 2.75) is 30.7 Å². The van der Waals surface area contributed by atoms with Gasteiger partial charge in [-0.1, -0.05) is 0 Å². The Morgan fingerprint density at radius 1 is 1.33 bits per heavy atom. The van der Waals surface area contributed by atoms with Gasteiger partial charge in [-0.05, 0) is 26.0 Å². The quantitative estimate of drug-likeness (QED) is 0.716. The van der Waals surface area contributed by atoms with Crippen LogP contribution in [0.2, 0.25) is 0 Å². The number of likely N-dealkylation sites (N-methyl/N-ethyl adjacent to an activating group) is 1. The zero-order valence-electron chi connectivity index (χ0n) is 12.1. The van der Waals surface area contributed by atoms with Crippen LogP contribution < -0.4 is 0 Å². The molecule has 120 valence electrons. The maximum atomic E-state index is 14.1. The molecule has 0 saturated heterocycles. The van der Waals surface area contributed by atoms with Crippen molar-refractivity contribution in [1.29, 1.82) is 0 Å². The number of benzene rings is 1. The molecule has 4 nitrogen and oxygen atoms in total. The summed E-state index contributed by atoms with van der Waals surface area (Å²) in [5, 5.41) is 0. The van der Waals surface area contributed by atoms with Gasteiger partial charge in [0.2, 0.25) is 10.0 Å². The fourth-order valence-corrected chi connectivity index (χ4v) is 3.09. The largest absolute Gasteiger partial charge is 0.377 e. The van der Waals surface area contributed by atoms with E-state index in [0.29, 0.717) is 0 Å². The van der Waals surface area contributed by atoms with Gasteiger partial charge in [-0.2, -0.15) is 4.31 Å². The van der Waals surface area contributed by atoms with Crippen molar-refractivity contribution in [1.82, 2.24) is 4.31 Å². The summed E-state index contributed by atoms with van der Waals surface area (Å²) in [4.78, 5) is -0.591. The highest BCUT2D eigenvalue weighted by Crippen LogP contribution is 2.24. The molecule has 21 heavy (non-hydrogen) atoms. The molecule has 0 unspecified atom stereocenters. The fraction of sp³-hybridized carbons (Fsp3) is 0.538. The average Bonchev–Trinajstić information content (AvgIpc) is 2.38. The molecule has 0 aliphatic rings. The van der Waals surface area contributed by atoms with E-state index in [4.69, 9.17) is 16.3 Å². The molecule has 1 rings (SSSR count). The minimum atomic E-state index is -4.06. The minimum absolute atomic E-state index is 0.0356. The van der Waals surface area contributed by atoms with Gasteiger partial charge in [0, 0.05) is 19.2 Å². The van der Waals surface area contributed by atoms with E-state index in [2.05, 4.69) is 0 Å². The van der Waals surface area contributed by atoms with E-state index in [1.54, 1.807) is 0 Å². The van der Waals surface area contributed by atoms with Gasteiger partial charge < -0.3 is 4.74 Å². The number of hydrogen-bond donors (Lipinski definition) is 0. The molecule has 1 aromatic carbocycles. The van der Waals surface area contributed by atoms with Gasteiger partial charge in [0.15, 0.2) is 5.82 Å². The number of rotatable bonds is 7. The molecule has 0 atom stereocenters. The van der Waals surface area contributed by atoms with Crippen LogP contribution in [0.5, 0.6) is 0 Å². The first kappa shape index (κ1) is 18.3. The van der Waals surface area contributed by atoms with Crippen molar-refractivity contribution in [2.75, 3.05) is 20.2 Å². The van der Waals surface area contributed by atoms with Gasteiger partial charge in [-0.25, -0.2) is 17.2 Å². The molecule has 0 saturated carbocycles. The van der Waals surface area contributed by atoms with Crippen molar-refractivity contribution in [3.05, 3.63) is 29.3 Å². The summed E-state index contributed by atoms with van der Waals surface area (Å²) in [6.45, 7) is 3.88. The van der Waals surface area contributed by atoms with Crippen molar-refractivity contribution < 1.29 is 21.9 Å². The molecule has 8 heteroatoms. The first-order valence-electron chi connectivity index (χ1n) is 6.32. The van der Waals surface area contributed by atoms with E-state index in [1.165, 1.54) is 7.05 Å². The summed E-state index contributed by atoms with van der Waals surface area (Å²) >= 11 is 5.45. The Bertz CT molecular complexity index is 593. The van der Waals surface area contributed by atoms with E-state index in [0.717, 1.165) is 16.4 Å². The van der Waals surface area contributed by atoms with Crippen molar-refractivity contribution in [3.63, 3.8) is 0 Å². The second kappa shape index (κ2) is 7.49. The SMILES string of the molecule is CC(C)OCCN(C)S(=O)(=O)c1ccc(F)c(CCl)c1F. The zero-order chi connectivity index (χ0) is 16.2. The molecular weight excluding hydrogens is 324 g/mol. The van der Waals surface area contributed by atoms with Crippen LogP contribution in [-0.2, 0) is 20.6 Å². The van der Waals surface area contributed by atoms with Gasteiger partial charge in [-0.15, -0.1) is 11.6 Å². The smallest absolute Gasteiger partial charge is 0.245 e. The topological polar surface area (TPSA) is 46.6 Å². The maximum Gasteiger partial charge on any atom is 0.245 e. The standard InChI is InChI=1S/C13H18ClF2NO3S/c1-9(2)20-7-6-17(3)21(18,19)12-5-4-11(15)10(8-14)13(12)16/h4-5,9H,6-8H2,1-3H3. The van der Waals surface area contributed by atoms with Crippen molar-refractivity contribution in [3.8, 4) is 0 Å². The highest BCUT2D eigenvalue weighted by atomic mass is 35.5. The van der Waals surface area contributed by atoms with Crippen LogP contribution in [0, 0.1) is 11.6 Å². The van der Waals surface area contributed by atoms with Crippen LogP contribution in [-0.4, -0.2) is 39.0 Å². The van der Waals surface area contributed by atoms with Gasteiger partial charge in [0.1, 0.15) is 10.7 Å². The Kier molecular flexibility index (Phi) is 6.52. The highest BCUT2D eigenvalue weighted by molar-refractivity contribution is 7.89. The Morgan fingerprint density at radius 3 is 2.48 bits per heavy atom. The fourth-order valence-electron chi connectivity index (χ4n) is 1.60. The highest BCUT2D eigenvalue weighted by Gasteiger charge is 2.27. The molecule has 0 aliphatic heterocycles. The third kappa shape index (κ3) is 4.35. The molecule has 0 aromatic heterocycles. The average molecular weight is 342 g/mol. The molecular formula is C13H18ClF2NO3S.